The van der Waals surface area contributed by atoms with E-state index in [4.69, 9.17) is 9.47 Å². The van der Waals surface area contributed by atoms with Crippen LogP contribution in [0.3, 0.4) is 0 Å². The molecule has 0 unspecified atom stereocenters. The summed E-state index contributed by atoms with van der Waals surface area (Å²) in [6.45, 7) is 10.1. The molecule has 1 atom stereocenters. The van der Waals surface area contributed by atoms with Gasteiger partial charge in [-0.05, 0) is 64.3 Å². The molecule has 0 amide bonds. The minimum absolute atomic E-state index is 0.0495. The van der Waals surface area contributed by atoms with Crippen LogP contribution in [0.2, 0.25) is 0 Å². The van der Waals surface area contributed by atoms with Gasteiger partial charge in [0.05, 0.1) is 0 Å². The van der Waals surface area contributed by atoms with Crippen molar-refractivity contribution in [3.63, 3.8) is 0 Å². The molecule has 0 radical (unpaired) electrons. The maximum Gasteiger partial charge on any atom is 0.347 e. The zero-order chi connectivity index (χ0) is 23.2. The van der Waals surface area contributed by atoms with Crippen molar-refractivity contribution >= 4 is 17.5 Å². The molecule has 164 valence electrons. The van der Waals surface area contributed by atoms with E-state index >= 15 is 0 Å². The molecule has 7 nitrogen and oxygen atoms in total. The van der Waals surface area contributed by atoms with Gasteiger partial charge in [0.25, 0.3) is 0 Å². The van der Waals surface area contributed by atoms with Crippen molar-refractivity contribution in [2.45, 2.75) is 53.6 Å². The van der Waals surface area contributed by atoms with E-state index in [-0.39, 0.29) is 45.3 Å². The monoisotopic (exact) mass is 426 g/mol. The minimum Gasteiger partial charge on any atom is -0.508 e. The van der Waals surface area contributed by atoms with E-state index in [0.29, 0.717) is 23.1 Å². The molecule has 7 heteroatoms. The number of esters is 2. The summed E-state index contributed by atoms with van der Waals surface area (Å²) in [6.07, 6.45) is 2.20. The number of allylic oxidation sites excluding steroid dienone is 2. The van der Waals surface area contributed by atoms with Crippen molar-refractivity contribution in [3.8, 4) is 23.0 Å². The standard InChI is InChI=1S/C24H26O7/c1-7-11(3)14-9-16(25)12(4)20(26)18(14)22(28)30-17-10-15-19(21(27)13(17)5)23(29)31-24(15,6)8-2/h7,9-10,25-27H,8H2,1-6H3/b11-7+/t24-/m0/s1. The number of phenolic OH excluding ortho intramolecular Hbond substituents is 3. The summed E-state index contributed by atoms with van der Waals surface area (Å²) in [5.41, 5.74) is 0.766. The van der Waals surface area contributed by atoms with Crippen LogP contribution in [0.25, 0.3) is 5.57 Å². The normalized spacial score (nSPS) is 18.0. The molecular weight excluding hydrogens is 400 g/mol. The highest BCUT2D eigenvalue weighted by molar-refractivity contribution is 6.01. The van der Waals surface area contributed by atoms with Crippen LogP contribution in [0, 0.1) is 13.8 Å². The summed E-state index contributed by atoms with van der Waals surface area (Å²) in [4.78, 5) is 25.4. The first-order chi connectivity index (χ1) is 14.5. The topological polar surface area (TPSA) is 113 Å². The Labute approximate surface area is 180 Å². The number of phenols is 3. The van der Waals surface area contributed by atoms with Gasteiger partial charge in [-0.15, -0.1) is 0 Å². The number of hydrogen-bond acceptors (Lipinski definition) is 7. The molecule has 1 aliphatic rings. The van der Waals surface area contributed by atoms with E-state index in [9.17, 15) is 24.9 Å². The Morgan fingerprint density at radius 1 is 1.16 bits per heavy atom. The number of ether oxygens (including phenoxy) is 2. The fraction of sp³-hybridized carbons (Fsp3) is 0.333. The van der Waals surface area contributed by atoms with Crippen molar-refractivity contribution in [1.82, 2.24) is 0 Å². The van der Waals surface area contributed by atoms with E-state index in [1.165, 1.54) is 26.0 Å². The molecular formula is C24H26O7. The fourth-order valence-electron chi connectivity index (χ4n) is 3.62. The lowest BCUT2D eigenvalue weighted by atomic mass is 9.90. The average molecular weight is 426 g/mol. The fourth-order valence-corrected chi connectivity index (χ4v) is 3.62. The molecule has 31 heavy (non-hydrogen) atoms. The van der Waals surface area contributed by atoms with Gasteiger partial charge in [-0.2, -0.15) is 0 Å². The minimum atomic E-state index is -0.956. The molecule has 1 aliphatic heterocycles. The number of carbonyl (C=O) groups excluding carboxylic acids is 2. The molecule has 0 saturated carbocycles. The maximum absolute atomic E-state index is 13.1. The lowest BCUT2D eigenvalue weighted by Crippen LogP contribution is -2.20. The van der Waals surface area contributed by atoms with Crippen LogP contribution in [0.1, 0.15) is 77.1 Å². The van der Waals surface area contributed by atoms with Gasteiger partial charge in [-0.1, -0.05) is 13.0 Å². The van der Waals surface area contributed by atoms with Gasteiger partial charge in [0, 0.05) is 16.7 Å². The summed E-state index contributed by atoms with van der Waals surface area (Å²) in [7, 11) is 0. The number of fused-ring (bicyclic) bond motifs is 1. The molecule has 0 aliphatic carbocycles. The van der Waals surface area contributed by atoms with Gasteiger partial charge in [0.2, 0.25) is 0 Å². The number of carbonyl (C=O) groups is 2. The zero-order valence-electron chi connectivity index (χ0n) is 18.4. The summed E-state index contributed by atoms with van der Waals surface area (Å²) in [5.74, 6) is -2.28. The lowest BCUT2D eigenvalue weighted by Gasteiger charge is -2.22. The van der Waals surface area contributed by atoms with Gasteiger partial charge in [-0.25, -0.2) is 9.59 Å². The first-order valence-electron chi connectivity index (χ1n) is 9.98. The average Bonchev–Trinajstić information content (AvgIpc) is 2.99. The quantitative estimate of drug-likeness (QED) is 0.473. The van der Waals surface area contributed by atoms with Crippen LogP contribution >= 0.6 is 0 Å². The van der Waals surface area contributed by atoms with Crippen LogP contribution < -0.4 is 4.74 Å². The van der Waals surface area contributed by atoms with Crippen molar-refractivity contribution < 1.29 is 34.4 Å². The smallest absolute Gasteiger partial charge is 0.347 e. The highest BCUT2D eigenvalue weighted by Gasteiger charge is 2.43. The third-order valence-corrected chi connectivity index (χ3v) is 6.06. The molecule has 0 fully saturated rings. The molecule has 1 heterocycles. The Hall–Kier alpha value is -3.48. The predicted molar refractivity (Wildman–Crippen MR) is 115 cm³/mol. The second kappa shape index (κ2) is 7.65. The van der Waals surface area contributed by atoms with Crippen molar-refractivity contribution in [1.29, 1.82) is 0 Å². The van der Waals surface area contributed by atoms with E-state index in [1.54, 1.807) is 26.8 Å². The molecule has 2 aromatic rings. The van der Waals surface area contributed by atoms with Crippen molar-refractivity contribution in [3.05, 3.63) is 51.6 Å². The highest BCUT2D eigenvalue weighted by Crippen LogP contribution is 2.47. The number of aromatic hydroxyl groups is 3. The lowest BCUT2D eigenvalue weighted by molar-refractivity contribution is -0.000929. The Kier molecular flexibility index (Phi) is 5.48. The van der Waals surface area contributed by atoms with Gasteiger partial charge in [-0.3, -0.25) is 0 Å². The summed E-state index contributed by atoms with van der Waals surface area (Å²) in [5, 5.41) is 31.3. The number of rotatable bonds is 4. The first kappa shape index (κ1) is 22.2. The second-order valence-electron chi connectivity index (χ2n) is 7.90. The van der Waals surface area contributed by atoms with Crippen LogP contribution in [-0.2, 0) is 10.3 Å². The third-order valence-electron chi connectivity index (χ3n) is 6.06. The van der Waals surface area contributed by atoms with Gasteiger partial charge in [0.15, 0.2) is 0 Å². The Bertz CT molecular complexity index is 1140. The molecule has 0 aromatic heterocycles. The van der Waals surface area contributed by atoms with Gasteiger partial charge < -0.3 is 24.8 Å². The Morgan fingerprint density at radius 2 is 1.81 bits per heavy atom. The van der Waals surface area contributed by atoms with E-state index in [0.717, 1.165) is 0 Å². The first-order valence-corrected chi connectivity index (χ1v) is 9.98. The van der Waals surface area contributed by atoms with Crippen molar-refractivity contribution in [2.24, 2.45) is 0 Å². The predicted octanol–water partition coefficient (Wildman–Crippen LogP) is 4.86. The summed E-state index contributed by atoms with van der Waals surface area (Å²) >= 11 is 0. The maximum atomic E-state index is 13.1. The van der Waals surface area contributed by atoms with E-state index in [1.807, 2.05) is 6.92 Å². The number of cyclic esters (lactones) is 1. The Morgan fingerprint density at radius 3 is 2.39 bits per heavy atom. The molecule has 0 bridgehead atoms. The van der Waals surface area contributed by atoms with Crippen LogP contribution in [0.5, 0.6) is 23.0 Å². The summed E-state index contributed by atoms with van der Waals surface area (Å²) < 4.78 is 11.0. The molecule has 0 saturated heterocycles. The largest absolute Gasteiger partial charge is 0.508 e. The summed E-state index contributed by atoms with van der Waals surface area (Å²) in [6, 6.07) is 2.91. The van der Waals surface area contributed by atoms with E-state index < -0.39 is 17.5 Å². The number of benzene rings is 2. The van der Waals surface area contributed by atoms with Crippen LogP contribution in [0.15, 0.2) is 18.2 Å². The second-order valence-corrected chi connectivity index (χ2v) is 7.90. The van der Waals surface area contributed by atoms with Crippen LogP contribution in [0.4, 0.5) is 0 Å². The van der Waals surface area contributed by atoms with Crippen molar-refractivity contribution in [2.75, 3.05) is 0 Å². The highest BCUT2D eigenvalue weighted by atomic mass is 16.6. The van der Waals surface area contributed by atoms with Gasteiger partial charge in [0.1, 0.15) is 39.7 Å². The van der Waals surface area contributed by atoms with Crippen LogP contribution in [-0.4, -0.2) is 27.3 Å². The SMILES string of the molecule is C/C=C(\C)c1cc(O)c(C)c(O)c1C(=O)Oc1cc2c(c(O)c1C)C(=O)O[C@@]2(C)CC. The molecule has 3 rings (SSSR count). The molecule has 0 spiro atoms. The molecule has 2 aromatic carbocycles. The Balaban J connectivity index is 2.15. The van der Waals surface area contributed by atoms with Gasteiger partial charge >= 0.3 is 11.9 Å². The zero-order valence-corrected chi connectivity index (χ0v) is 18.4. The van der Waals surface area contributed by atoms with E-state index in [2.05, 4.69) is 0 Å². The third kappa shape index (κ3) is 3.40. The molecule has 3 N–H and O–H groups in total. The number of hydrogen-bond donors (Lipinski definition) is 3.